The third kappa shape index (κ3) is 2.36. The number of benzene rings is 2. The number of hydrogen-bond donors (Lipinski definition) is 1. The Hall–Kier alpha value is -3.08. The summed E-state index contributed by atoms with van der Waals surface area (Å²) in [5, 5.41) is 2.27. The molecule has 0 bridgehead atoms. The fourth-order valence-corrected chi connectivity index (χ4v) is 2.86. The third-order valence-electron chi connectivity index (χ3n) is 3.98. The quantitative estimate of drug-likeness (QED) is 0.790. The average molecular weight is 305 g/mol. The van der Waals surface area contributed by atoms with E-state index in [0.717, 1.165) is 16.3 Å². The van der Waals surface area contributed by atoms with E-state index in [1.165, 1.54) is 0 Å². The molecule has 5 heteroatoms. The first-order valence-corrected chi connectivity index (χ1v) is 7.39. The van der Waals surface area contributed by atoms with Crippen molar-refractivity contribution in [1.82, 2.24) is 4.98 Å². The zero-order valence-corrected chi connectivity index (χ0v) is 12.4. The molecule has 1 aliphatic rings. The van der Waals surface area contributed by atoms with E-state index in [1.807, 2.05) is 24.3 Å². The zero-order valence-electron chi connectivity index (χ0n) is 12.4. The van der Waals surface area contributed by atoms with Crippen molar-refractivity contribution in [2.75, 3.05) is 17.2 Å². The first-order valence-electron chi connectivity index (χ1n) is 7.39. The molecule has 1 aliphatic heterocycles. The summed E-state index contributed by atoms with van der Waals surface area (Å²) in [6.07, 6.45) is 0. The van der Waals surface area contributed by atoms with E-state index in [2.05, 4.69) is 23.2 Å². The summed E-state index contributed by atoms with van der Waals surface area (Å²) < 4.78 is 5.44. The molecule has 1 aromatic heterocycles. The molecule has 5 nitrogen and oxygen atoms in total. The summed E-state index contributed by atoms with van der Waals surface area (Å²) >= 11 is 0. The van der Waals surface area contributed by atoms with Gasteiger partial charge in [-0.15, -0.1) is 0 Å². The van der Waals surface area contributed by atoms with E-state index in [9.17, 15) is 4.79 Å². The van der Waals surface area contributed by atoms with E-state index < -0.39 is 0 Å². The van der Waals surface area contributed by atoms with E-state index in [-0.39, 0.29) is 12.5 Å². The fourth-order valence-electron chi connectivity index (χ4n) is 2.86. The smallest absolute Gasteiger partial charge is 0.266 e. The van der Waals surface area contributed by atoms with Crippen molar-refractivity contribution in [3.8, 4) is 5.75 Å². The number of carbonyl (C=O) groups is 1. The van der Waals surface area contributed by atoms with Crippen LogP contribution in [0.5, 0.6) is 5.75 Å². The Kier molecular flexibility index (Phi) is 3.12. The molecular weight excluding hydrogens is 290 g/mol. The largest absolute Gasteiger partial charge is 0.480 e. The number of ether oxygens (including phenoxy) is 1. The fraction of sp³-hybridized carbons (Fsp3) is 0.111. The molecule has 0 saturated heterocycles. The van der Waals surface area contributed by atoms with E-state index >= 15 is 0 Å². The average Bonchev–Trinajstić information content (AvgIpc) is 2.58. The third-order valence-corrected chi connectivity index (χ3v) is 3.98. The molecule has 0 saturated carbocycles. The molecule has 0 spiro atoms. The van der Waals surface area contributed by atoms with Gasteiger partial charge in [0.1, 0.15) is 5.82 Å². The SMILES string of the molecule is Nc1ccc2c(n1)N(Cc1cccc3ccccc13)C(=O)CO2. The highest BCUT2D eigenvalue weighted by Crippen LogP contribution is 2.32. The lowest BCUT2D eigenvalue weighted by atomic mass is 10.0. The Bertz CT molecular complexity index is 902. The molecule has 0 aliphatic carbocycles. The summed E-state index contributed by atoms with van der Waals surface area (Å²) in [6.45, 7) is 0.455. The standard InChI is InChI=1S/C18H15N3O2/c19-16-9-8-15-18(20-16)21(17(22)11-23-15)10-13-6-3-5-12-4-1-2-7-14(12)13/h1-9H,10-11H2,(H2,19,20). The van der Waals surface area contributed by atoms with Gasteiger partial charge in [0.25, 0.3) is 5.91 Å². The van der Waals surface area contributed by atoms with Gasteiger partial charge in [0.2, 0.25) is 0 Å². The van der Waals surface area contributed by atoms with Crippen LogP contribution in [0.4, 0.5) is 11.6 Å². The molecule has 23 heavy (non-hydrogen) atoms. The summed E-state index contributed by atoms with van der Waals surface area (Å²) in [6, 6.07) is 17.6. The van der Waals surface area contributed by atoms with Gasteiger partial charge in [-0.1, -0.05) is 42.5 Å². The van der Waals surface area contributed by atoms with Crippen molar-refractivity contribution in [3.63, 3.8) is 0 Å². The number of nitrogens with two attached hydrogens (primary N) is 1. The van der Waals surface area contributed by atoms with Crippen LogP contribution in [0.1, 0.15) is 5.56 Å². The van der Waals surface area contributed by atoms with Gasteiger partial charge in [-0.05, 0) is 28.5 Å². The van der Waals surface area contributed by atoms with Gasteiger partial charge in [-0.2, -0.15) is 0 Å². The van der Waals surface area contributed by atoms with Gasteiger partial charge >= 0.3 is 0 Å². The second-order valence-electron chi connectivity index (χ2n) is 5.46. The molecule has 3 aromatic rings. The number of pyridine rings is 1. The van der Waals surface area contributed by atoms with Crippen LogP contribution < -0.4 is 15.4 Å². The molecule has 0 atom stereocenters. The Morgan fingerprint density at radius 3 is 2.83 bits per heavy atom. The lowest BCUT2D eigenvalue weighted by Crippen LogP contribution is -2.39. The predicted octanol–water partition coefficient (Wildman–Crippen LogP) is 2.74. The number of hydrogen-bond acceptors (Lipinski definition) is 4. The van der Waals surface area contributed by atoms with Crippen molar-refractivity contribution in [2.45, 2.75) is 6.54 Å². The van der Waals surface area contributed by atoms with Gasteiger partial charge in [0.15, 0.2) is 18.2 Å². The number of fused-ring (bicyclic) bond motifs is 2. The van der Waals surface area contributed by atoms with E-state index in [1.54, 1.807) is 17.0 Å². The zero-order chi connectivity index (χ0) is 15.8. The highest BCUT2D eigenvalue weighted by atomic mass is 16.5. The molecule has 0 radical (unpaired) electrons. The van der Waals surface area contributed by atoms with Crippen LogP contribution in [0.2, 0.25) is 0 Å². The normalized spacial score (nSPS) is 13.7. The van der Waals surface area contributed by atoms with Crippen LogP contribution in [-0.4, -0.2) is 17.5 Å². The first kappa shape index (κ1) is 13.6. The number of amides is 1. The van der Waals surface area contributed by atoms with Gasteiger partial charge in [-0.3, -0.25) is 9.69 Å². The summed E-state index contributed by atoms with van der Waals surface area (Å²) in [5.74, 6) is 1.31. The lowest BCUT2D eigenvalue weighted by molar-refractivity contribution is -0.121. The number of anilines is 2. The Balaban J connectivity index is 1.79. The minimum Gasteiger partial charge on any atom is -0.480 e. The maximum absolute atomic E-state index is 12.3. The molecule has 4 rings (SSSR count). The van der Waals surface area contributed by atoms with Crippen LogP contribution in [0.15, 0.2) is 54.6 Å². The van der Waals surface area contributed by atoms with E-state index in [0.29, 0.717) is 23.9 Å². The Morgan fingerprint density at radius 1 is 1.09 bits per heavy atom. The number of nitrogens with zero attached hydrogens (tertiary/aromatic N) is 2. The Labute approximate surface area is 133 Å². The van der Waals surface area contributed by atoms with Gasteiger partial charge in [0.05, 0.1) is 6.54 Å². The molecule has 2 N–H and O–H groups in total. The molecule has 2 heterocycles. The van der Waals surface area contributed by atoms with Crippen molar-refractivity contribution in [2.24, 2.45) is 0 Å². The highest BCUT2D eigenvalue weighted by molar-refractivity contribution is 5.97. The van der Waals surface area contributed by atoms with Gasteiger partial charge in [0, 0.05) is 0 Å². The monoisotopic (exact) mass is 305 g/mol. The van der Waals surface area contributed by atoms with Crippen LogP contribution >= 0.6 is 0 Å². The van der Waals surface area contributed by atoms with Crippen LogP contribution in [0.3, 0.4) is 0 Å². The van der Waals surface area contributed by atoms with Crippen molar-refractivity contribution in [3.05, 3.63) is 60.2 Å². The van der Waals surface area contributed by atoms with Crippen molar-refractivity contribution >= 4 is 28.3 Å². The molecular formula is C18H15N3O2. The van der Waals surface area contributed by atoms with Crippen LogP contribution in [0.25, 0.3) is 10.8 Å². The summed E-state index contributed by atoms with van der Waals surface area (Å²) in [7, 11) is 0. The molecule has 2 aromatic carbocycles. The summed E-state index contributed by atoms with van der Waals surface area (Å²) in [5.41, 5.74) is 6.83. The van der Waals surface area contributed by atoms with Gasteiger partial charge in [-0.25, -0.2) is 4.98 Å². The van der Waals surface area contributed by atoms with Gasteiger partial charge < -0.3 is 10.5 Å². The minimum absolute atomic E-state index is 0.0172. The number of aromatic nitrogens is 1. The number of carbonyl (C=O) groups excluding carboxylic acids is 1. The Morgan fingerprint density at radius 2 is 1.91 bits per heavy atom. The number of rotatable bonds is 2. The first-order chi connectivity index (χ1) is 11.2. The molecule has 1 amide bonds. The second-order valence-corrected chi connectivity index (χ2v) is 5.46. The van der Waals surface area contributed by atoms with Crippen LogP contribution in [0, 0.1) is 0 Å². The predicted molar refractivity (Wildman–Crippen MR) is 89.3 cm³/mol. The lowest BCUT2D eigenvalue weighted by Gasteiger charge is -2.28. The molecule has 0 unspecified atom stereocenters. The summed E-state index contributed by atoms with van der Waals surface area (Å²) in [4.78, 5) is 18.2. The maximum atomic E-state index is 12.3. The minimum atomic E-state index is -0.122. The second kappa shape index (κ2) is 5.28. The topological polar surface area (TPSA) is 68.5 Å². The number of nitrogen functional groups attached to an aromatic ring is 1. The highest BCUT2D eigenvalue weighted by Gasteiger charge is 2.27. The van der Waals surface area contributed by atoms with E-state index in [4.69, 9.17) is 10.5 Å². The molecule has 0 fully saturated rings. The van der Waals surface area contributed by atoms with Crippen LogP contribution in [-0.2, 0) is 11.3 Å². The van der Waals surface area contributed by atoms with Crippen molar-refractivity contribution < 1.29 is 9.53 Å². The van der Waals surface area contributed by atoms with Crippen molar-refractivity contribution in [1.29, 1.82) is 0 Å². The molecule has 114 valence electrons. The maximum Gasteiger partial charge on any atom is 0.266 e.